The summed E-state index contributed by atoms with van der Waals surface area (Å²) in [6, 6.07) is 50.5. The van der Waals surface area contributed by atoms with Crippen molar-refractivity contribution in [1.82, 2.24) is 25.6 Å². The molecule has 470 valence electrons. The first kappa shape index (κ1) is 63.0. The van der Waals surface area contributed by atoms with Crippen molar-refractivity contribution >= 4 is 116 Å². The van der Waals surface area contributed by atoms with Gasteiger partial charge in [0.05, 0.1) is 57.3 Å². The highest BCUT2D eigenvalue weighted by atomic mass is 16.2. The highest BCUT2D eigenvalue weighted by molar-refractivity contribution is 6.16. The van der Waals surface area contributed by atoms with Crippen LogP contribution in [0.4, 0.5) is 56.9 Å². The molecule has 3 aromatic heterocycles. The van der Waals surface area contributed by atoms with E-state index in [9.17, 15) is 47.9 Å². The second-order valence-electron chi connectivity index (χ2n) is 21.5. The summed E-state index contributed by atoms with van der Waals surface area (Å²) in [4.78, 5) is 151. The van der Waals surface area contributed by atoms with E-state index >= 15 is 0 Å². The van der Waals surface area contributed by atoms with Gasteiger partial charge in [-0.25, -0.2) is 15.0 Å². The first-order chi connectivity index (χ1) is 45.7. The summed E-state index contributed by atoms with van der Waals surface area (Å²) in [6.07, 6.45) is 2.98. The van der Waals surface area contributed by atoms with Crippen LogP contribution >= 0.6 is 0 Å². The van der Waals surface area contributed by atoms with Crippen LogP contribution in [0.2, 0.25) is 0 Å². The van der Waals surface area contributed by atoms with Gasteiger partial charge in [0.2, 0.25) is 11.8 Å². The van der Waals surface area contributed by atoms with Crippen molar-refractivity contribution in [3.63, 3.8) is 0 Å². The molecule has 12 N–H and O–H groups in total. The Morgan fingerprint density at radius 2 is 0.564 bits per heavy atom. The zero-order valence-electron chi connectivity index (χ0n) is 49.9. The molecule has 2 aliphatic rings. The van der Waals surface area contributed by atoms with Gasteiger partial charge >= 0.3 is 0 Å². The highest BCUT2D eigenvalue weighted by Crippen LogP contribution is 2.28. The molecule has 0 unspecified atom stereocenters. The third-order valence-corrected chi connectivity index (χ3v) is 14.8. The van der Waals surface area contributed by atoms with Crippen LogP contribution in [0.3, 0.4) is 0 Å². The zero-order chi connectivity index (χ0) is 65.5. The molecule has 0 radical (unpaired) electrons. The lowest BCUT2D eigenvalue weighted by atomic mass is 10.1. The molecule has 2 fully saturated rings. The lowest BCUT2D eigenvalue weighted by molar-refractivity contribution is -0.118. The summed E-state index contributed by atoms with van der Waals surface area (Å²) in [7, 11) is 0. The molecule has 2 saturated heterocycles. The van der Waals surface area contributed by atoms with E-state index in [1.165, 1.54) is 66.7 Å². The van der Waals surface area contributed by atoms with Crippen LogP contribution in [0.5, 0.6) is 0 Å². The number of amides is 10. The molecule has 2 aliphatic heterocycles. The highest BCUT2D eigenvalue weighted by Gasteiger charge is 2.27. The second kappa shape index (κ2) is 29.4. The van der Waals surface area contributed by atoms with E-state index in [-0.39, 0.29) is 91.2 Å². The smallest absolute Gasteiger partial charge is 0.274 e. The van der Waals surface area contributed by atoms with Gasteiger partial charge in [-0.2, -0.15) is 0 Å². The van der Waals surface area contributed by atoms with Gasteiger partial charge < -0.3 is 63.8 Å². The van der Waals surface area contributed by atoms with Crippen LogP contribution in [-0.2, 0) is 9.59 Å². The van der Waals surface area contributed by atoms with Crippen LogP contribution in [0.25, 0.3) is 0 Å². The Morgan fingerprint density at radius 1 is 0.277 bits per heavy atom. The van der Waals surface area contributed by atoms with Gasteiger partial charge in [0, 0.05) is 22.7 Å². The number of carbonyl (C=O) groups excluding carboxylic acids is 10. The lowest BCUT2D eigenvalue weighted by Crippen LogP contribution is -2.35. The predicted octanol–water partition coefficient (Wildman–Crippen LogP) is 9.27. The number of nitrogens with zero attached hydrogens (tertiary/aromatic N) is 3. The molecular formula is C69H59N15O10. The molecule has 9 aromatic rings. The van der Waals surface area contributed by atoms with Gasteiger partial charge in [0.25, 0.3) is 47.3 Å². The maximum absolute atomic E-state index is 14.3. The van der Waals surface area contributed by atoms with Gasteiger partial charge in [0.1, 0.15) is 34.2 Å². The fourth-order valence-electron chi connectivity index (χ4n) is 10.2. The van der Waals surface area contributed by atoms with E-state index in [1.54, 1.807) is 133 Å². The van der Waals surface area contributed by atoms with Gasteiger partial charge in [-0.3, -0.25) is 47.9 Å². The van der Waals surface area contributed by atoms with E-state index in [1.807, 2.05) is 0 Å². The Labute approximate surface area is 536 Å². The third kappa shape index (κ3) is 15.9. The normalized spacial score (nSPS) is 13.8. The molecule has 0 bridgehead atoms. The van der Waals surface area contributed by atoms with Crippen LogP contribution in [-0.4, -0.2) is 99.2 Å². The average Bonchev–Trinajstić information content (AvgIpc) is 1.08. The summed E-state index contributed by atoms with van der Waals surface area (Å²) >= 11 is 0. The van der Waals surface area contributed by atoms with Crippen LogP contribution in [0.1, 0.15) is 109 Å². The zero-order valence-corrected chi connectivity index (χ0v) is 49.9. The maximum Gasteiger partial charge on any atom is 0.274 e. The molecule has 2 atom stereocenters. The number of anilines is 10. The molecule has 11 rings (SSSR count). The van der Waals surface area contributed by atoms with Crippen molar-refractivity contribution in [3.8, 4) is 0 Å². The molecule has 6 aromatic carbocycles. The monoisotopic (exact) mass is 1260 g/mol. The fourth-order valence-corrected chi connectivity index (χ4v) is 10.2. The van der Waals surface area contributed by atoms with Crippen molar-refractivity contribution in [3.05, 3.63) is 245 Å². The Kier molecular flexibility index (Phi) is 19.7. The Balaban J connectivity index is 0.781. The number of carbonyl (C=O) groups is 10. The van der Waals surface area contributed by atoms with E-state index in [0.29, 0.717) is 48.7 Å². The molecule has 0 saturated carbocycles. The minimum Gasteiger partial charge on any atom is -0.323 e. The SMILES string of the molecule is O=C(Nc1ccccc1)c1cc(NC(=O)c2ccccc2NC(=O)c2cccc(C(=O)Nc3ccccc3C(=O)Nc3cc(C(=O)Nc4ccccc4)nc(C(=O)Nc4ccccc4NC(=O)[C@@H]4CCCN4)c3)n2)cc(C(=O)Nc2ccccc2NC(=O)[C@@H]2CCCN2)n1. The molecule has 25 heteroatoms. The number of benzene rings is 6. The van der Waals surface area contributed by atoms with Crippen molar-refractivity contribution in [2.45, 2.75) is 37.8 Å². The number of rotatable bonds is 20. The number of pyridine rings is 3. The average molecular weight is 1260 g/mol. The maximum atomic E-state index is 14.3. The van der Waals surface area contributed by atoms with E-state index in [2.05, 4.69) is 78.8 Å². The molecule has 25 nitrogen and oxygen atoms in total. The molecule has 5 heterocycles. The van der Waals surface area contributed by atoms with E-state index in [0.717, 1.165) is 12.8 Å². The third-order valence-electron chi connectivity index (χ3n) is 14.8. The number of para-hydroxylation sites is 8. The van der Waals surface area contributed by atoms with E-state index < -0.39 is 59.3 Å². The molecule has 0 aliphatic carbocycles. The first-order valence-electron chi connectivity index (χ1n) is 29.7. The molecule has 0 spiro atoms. The second-order valence-corrected chi connectivity index (χ2v) is 21.5. The summed E-state index contributed by atoms with van der Waals surface area (Å²) in [5, 5.41) is 33.8. The quantitative estimate of drug-likeness (QED) is 0.0338. The van der Waals surface area contributed by atoms with Crippen LogP contribution in [0, 0.1) is 0 Å². The lowest BCUT2D eigenvalue weighted by Gasteiger charge is -2.16. The summed E-state index contributed by atoms with van der Waals surface area (Å²) in [6.45, 7) is 1.40. The van der Waals surface area contributed by atoms with Crippen LogP contribution < -0.4 is 63.8 Å². The molecule has 94 heavy (non-hydrogen) atoms. The van der Waals surface area contributed by atoms with Crippen LogP contribution in [0.15, 0.2) is 200 Å². The van der Waals surface area contributed by atoms with Gasteiger partial charge in [0.15, 0.2) is 0 Å². The summed E-state index contributed by atoms with van der Waals surface area (Å²) in [5.41, 5.74) is 0.307. The predicted molar refractivity (Wildman–Crippen MR) is 354 cm³/mol. The fraction of sp³-hybridized carbons (Fsp3) is 0.116. The van der Waals surface area contributed by atoms with Crippen molar-refractivity contribution in [2.24, 2.45) is 0 Å². The topological polar surface area (TPSA) is 354 Å². The largest absolute Gasteiger partial charge is 0.323 e. The summed E-state index contributed by atoms with van der Waals surface area (Å²) < 4.78 is 0. The van der Waals surface area contributed by atoms with Crippen molar-refractivity contribution in [2.75, 3.05) is 66.3 Å². The molecular weight excluding hydrogens is 1200 g/mol. The first-order valence-corrected chi connectivity index (χ1v) is 29.7. The standard InChI is InChI=1S/C69H59N15O10/c85-60(74-42-36-56(66(91)72-40-18-3-1-4-19-40)77-58(38-42)68(93)83-50-28-13-11-26-48(50)81-62(87)52-32-16-34-70-52)44-22-7-9-24-46(44)79-64(89)54-30-15-31-55(76-54)65(90)80-47-25-10-8-23-45(47)61(86)75-43-37-57(67(92)73-41-20-5-2-6-21-41)78-59(39-43)69(94)84-51-29-14-12-27-49(51)82-63(88)53-33-17-35-71-53/h1-15,18-31,36-39,52-53,70-71H,16-17,32-35H2,(H,72,91)(H,73,92)(H,79,89)(H,80,90)(H,81,87)(H,82,88)(H,83,93)(H,84,94)(H,74,77,85)(H,75,78,86)/t52-,53-/m0/s1. The Bertz CT molecular complexity index is 4150. The van der Waals surface area contributed by atoms with Gasteiger partial charge in [-0.1, -0.05) is 91.0 Å². The van der Waals surface area contributed by atoms with Crippen molar-refractivity contribution < 1.29 is 47.9 Å². The number of nitrogens with one attached hydrogen (secondary N) is 12. The van der Waals surface area contributed by atoms with Gasteiger partial charge in [-0.05, 0) is 148 Å². The molecule has 10 amide bonds. The van der Waals surface area contributed by atoms with Crippen molar-refractivity contribution in [1.29, 1.82) is 0 Å². The minimum absolute atomic E-state index is 0.0102. The Morgan fingerprint density at radius 3 is 0.926 bits per heavy atom. The Hall–Kier alpha value is -12.6. The number of hydrogen-bond acceptors (Lipinski definition) is 15. The number of hydrogen-bond donors (Lipinski definition) is 12. The number of aromatic nitrogens is 3. The van der Waals surface area contributed by atoms with E-state index in [4.69, 9.17) is 0 Å². The van der Waals surface area contributed by atoms with Gasteiger partial charge in [-0.15, -0.1) is 0 Å². The summed E-state index contributed by atoms with van der Waals surface area (Å²) in [5.74, 6) is -6.73. The minimum atomic E-state index is -0.830.